The molecule has 5 heteroatoms. The first-order valence-corrected chi connectivity index (χ1v) is 6.02. The minimum Gasteiger partial charge on any atom is -0.305 e. The summed E-state index contributed by atoms with van der Waals surface area (Å²) in [6, 6.07) is 5.44. The highest BCUT2D eigenvalue weighted by Gasteiger charge is 2.25. The van der Waals surface area contributed by atoms with Crippen LogP contribution in [-0.4, -0.2) is 33.6 Å². The van der Waals surface area contributed by atoms with Crippen molar-refractivity contribution in [3.8, 4) is 0 Å². The second kappa shape index (κ2) is 3.43. The van der Waals surface area contributed by atoms with Gasteiger partial charge in [0.25, 0.3) is 10.0 Å². The molecular formula is C10H12N2O2S. The van der Waals surface area contributed by atoms with Gasteiger partial charge in [-0.25, -0.2) is 0 Å². The number of fused-ring (bicyclic) bond motifs is 1. The molecule has 0 spiro atoms. The van der Waals surface area contributed by atoms with Crippen molar-refractivity contribution in [2.75, 3.05) is 14.1 Å². The van der Waals surface area contributed by atoms with Gasteiger partial charge >= 0.3 is 0 Å². The molecule has 0 amide bonds. The van der Waals surface area contributed by atoms with E-state index in [4.69, 9.17) is 0 Å². The fraction of sp³-hybridized carbons (Fsp3) is 0.300. The Bertz CT molecular complexity index is 518. The summed E-state index contributed by atoms with van der Waals surface area (Å²) >= 11 is 0. The summed E-state index contributed by atoms with van der Waals surface area (Å²) < 4.78 is 26.8. The quantitative estimate of drug-likeness (QED) is 0.749. The molecule has 0 saturated carbocycles. The summed E-state index contributed by atoms with van der Waals surface area (Å²) in [6.45, 7) is 0.603. The fourth-order valence-electron chi connectivity index (χ4n) is 1.67. The summed E-state index contributed by atoms with van der Waals surface area (Å²) in [6.07, 6.45) is 1.41. The summed E-state index contributed by atoms with van der Waals surface area (Å²) in [7, 11) is 0.370. The zero-order chi connectivity index (χ0) is 11.1. The predicted molar refractivity (Wildman–Crippen MR) is 58.6 cm³/mol. The third-order valence-electron chi connectivity index (χ3n) is 2.20. The molecule has 4 nitrogen and oxygen atoms in total. The van der Waals surface area contributed by atoms with Crippen molar-refractivity contribution in [2.45, 2.75) is 11.4 Å². The standard InChI is InChI=1S/C10H12N2O2S/c1-12(2)7-9-5-3-4-8-6-11-15(13,14)10(8)9/h3-6H,7H2,1-2H3. The van der Waals surface area contributed by atoms with Crippen LogP contribution in [0.2, 0.25) is 0 Å². The van der Waals surface area contributed by atoms with Crippen molar-refractivity contribution in [1.29, 1.82) is 0 Å². The van der Waals surface area contributed by atoms with Crippen molar-refractivity contribution < 1.29 is 8.42 Å². The third-order valence-corrected chi connectivity index (χ3v) is 3.60. The first-order valence-electron chi connectivity index (χ1n) is 4.58. The van der Waals surface area contributed by atoms with E-state index in [1.807, 2.05) is 31.1 Å². The van der Waals surface area contributed by atoms with Crippen molar-refractivity contribution >= 4 is 16.2 Å². The summed E-state index contributed by atoms with van der Waals surface area (Å²) in [4.78, 5) is 2.29. The van der Waals surface area contributed by atoms with E-state index in [0.29, 0.717) is 17.0 Å². The number of nitrogens with zero attached hydrogens (tertiary/aromatic N) is 2. The molecule has 15 heavy (non-hydrogen) atoms. The molecule has 0 bridgehead atoms. The number of rotatable bonds is 2. The lowest BCUT2D eigenvalue weighted by molar-refractivity contribution is 0.398. The molecule has 0 aliphatic carbocycles. The van der Waals surface area contributed by atoms with Crippen LogP contribution in [-0.2, 0) is 16.6 Å². The molecule has 1 heterocycles. The van der Waals surface area contributed by atoms with Crippen LogP contribution in [0.25, 0.3) is 0 Å². The van der Waals surface area contributed by atoms with Gasteiger partial charge in [-0.15, -0.1) is 0 Å². The maximum atomic E-state index is 11.6. The highest BCUT2D eigenvalue weighted by atomic mass is 32.2. The van der Waals surface area contributed by atoms with Gasteiger partial charge in [0.2, 0.25) is 0 Å². The Balaban J connectivity index is 2.58. The Kier molecular flexibility index (Phi) is 2.36. The van der Waals surface area contributed by atoms with Crippen LogP contribution in [0.1, 0.15) is 11.1 Å². The van der Waals surface area contributed by atoms with Crippen LogP contribution < -0.4 is 0 Å². The molecule has 0 unspecified atom stereocenters. The largest absolute Gasteiger partial charge is 0.305 e. The van der Waals surface area contributed by atoms with Gasteiger partial charge in [-0.3, -0.25) is 0 Å². The smallest absolute Gasteiger partial charge is 0.283 e. The van der Waals surface area contributed by atoms with E-state index >= 15 is 0 Å². The topological polar surface area (TPSA) is 49.7 Å². The maximum Gasteiger partial charge on any atom is 0.283 e. The lowest BCUT2D eigenvalue weighted by Crippen LogP contribution is -2.13. The molecule has 2 rings (SSSR count). The van der Waals surface area contributed by atoms with Gasteiger partial charge in [-0.1, -0.05) is 18.2 Å². The van der Waals surface area contributed by atoms with Gasteiger partial charge in [0.1, 0.15) is 4.90 Å². The van der Waals surface area contributed by atoms with E-state index in [2.05, 4.69) is 4.40 Å². The zero-order valence-corrected chi connectivity index (χ0v) is 9.45. The number of benzene rings is 1. The van der Waals surface area contributed by atoms with E-state index in [1.165, 1.54) is 6.21 Å². The fourth-order valence-corrected chi connectivity index (χ4v) is 2.91. The zero-order valence-electron chi connectivity index (χ0n) is 8.64. The minimum atomic E-state index is -3.44. The van der Waals surface area contributed by atoms with Gasteiger partial charge in [0, 0.05) is 18.3 Å². The van der Waals surface area contributed by atoms with Crippen molar-refractivity contribution in [3.05, 3.63) is 29.3 Å². The molecular weight excluding hydrogens is 212 g/mol. The lowest BCUT2D eigenvalue weighted by Gasteiger charge is -2.12. The van der Waals surface area contributed by atoms with E-state index in [1.54, 1.807) is 6.07 Å². The van der Waals surface area contributed by atoms with Crippen LogP contribution in [0.4, 0.5) is 0 Å². The Morgan fingerprint density at radius 2 is 2.07 bits per heavy atom. The first kappa shape index (κ1) is 10.3. The molecule has 0 aromatic heterocycles. The molecule has 0 atom stereocenters. The molecule has 0 radical (unpaired) electrons. The van der Waals surface area contributed by atoms with Crippen LogP contribution in [0.5, 0.6) is 0 Å². The van der Waals surface area contributed by atoms with Crippen LogP contribution in [0.3, 0.4) is 0 Å². The summed E-state index contributed by atoms with van der Waals surface area (Å²) in [5.41, 5.74) is 1.49. The van der Waals surface area contributed by atoms with Gasteiger partial charge in [-0.05, 0) is 19.7 Å². The van der Waals surface area contributed by atoms with Crippen molar-refractivity contribution in [3.63, 3.8) is 0 Å². The van der Waals surface area contributed by atoms with Crippen molar-refractivity contribution in [2.24, 2.45) is 4.40 Å². The van der Waals surface area contributed by atoms with E-state index < -0.39 is 10.0 Å². The summed E-state index contributed by atoms with van der Waals surface area (Å²) in [5.74, 6) is 0. The highest BCUT2D eigenvalue weighted by molar-refractivity contribution is 7.90. The van der Waals surface area contributed by atoms with Crippen LogP contribution >= 0.6 is 0 Å². The number of hydrogen-bond acceptors (Lipinski definition) is 3. The Morgan fingerprint density at radius 1 is 1.33 bits per heavy atom. The molecule has 1 aliphatic rings. The van der Waals surface area contributed by atoms with E-state index in [9.17, 15) is 8.42 Å². The molecule has 1 aromatic rings. The minimum absolute atomic E-state index is 0.360. The van der Waals surface area contributed by atoms with Gasteiger partial charge < -0.3 is 4.90 Å². The molecule has 1 aromatic carbocycles. The molecule has 0 saturated heterocycles. The first-order chi connectivity index (χ1) is 7.00. The Hall–Kier alpha value is -1.20. The average molecular weight is 224 g/mol. The highest BCUT2D eigenvalue weighted by Crippen LogP contribution is 2.26. The van der Waals surface area contributed by atoms with Gasteiger partial charge in [-0.2, -0.15) is 12.8 Å². The molecule has 0 N–H and O–H groups in total. The monoisotopic (exact) mass is 224 g/mol. The predicted octanol–water partition coefficient (Wildman–Crippen LogP) is 0.869. The SMILES string of the molecule is CN(C)Cc1cccc2c1S(=O)(=O)N=C2. The van der Waals surface area contributed by atoms with E-state index in [0.717, 1.165) is 5.56 Å². The second-order valence-electron chi connectivity index (χ2n) is 3.78. The van der Waals surface area contributed by atoms with E-state index in [-0.39, 0.29) is 0 Å². The van der Waals surface area contributed by atoms with Crippen LogP contribution in [0.15, 0.2) is 27.5 Å². The number of hydrogen-bond donors (Lipinski definition) is 0. The Morgan fingerprint density at radius 3 is 2.73 bits per heavy atom. The number of sulfonamides is 1. The molecule has 0 fully saturated rings. The summed E-state index contributed by atoms with van der Waals surface area (Å²) in [5, 5.41) is 0. The lowest BCUT2D eigenvalue weighted by atomic mass is 10.1. The second-order valence-corrected chi connectivity index (χ2v) is 5.35. The van der Waals surface area contributed by atoms with Crippen molar-refractivity contribution in [1.82, 2.24) is 4.90 Å². The maximum absolute atomic E-state index is 11.6. The van der Waals surface area contributed by atoms with Gasteiger partial charge in [0.05, 0.1) is 0 Å². The van der Waals surface area contributed by atoms with Gasteiger partial charge in [0.15, 0.2) is 0 Å². The molecule has 1 aliphatic heterocycles. The average Bonchev–Trinajstić information content (AvgIpc) is 2.43. The van der Waals surface area contributed by atoms with Crippen LogP contribution in [0, 0.1) is 0 Å². The third kappa shape index (κ3) is 1.80. The molecule has 80 valence electrons. The Labute approximate surface area is 89.3 Å². The normalized spacial score (nSPS) is 17.0.